The van der Waals surface area contributed by atoms with Gasteiger partial charge in [0.1, 0.15) is 5.75 Å². The summed E-state index contributed by atoms with van der Waals surface area (Å²) in [7, 11) is 0. The summed E-state index contributed by atoms with van der Waals surface area (Å²) < 4.78 is 30.6. The van der Waals surface area contributed by atoms with Crippen LogP contribution in [0.25, 0.3) is 4.96 Å². The number of benzene rings is 1. The molecule has 0 amide bonds. The number of aromatic nitrogens is 2. The molecule has 11 heteroatoms. The van der Waals surface area contributed by atoms with Crippen LogP contribution in [0.1, 0.15) is 24.3 Å². The number of halogens is 3. The van der Waals surface area contributed by atoms with E-state index in [0.29, 0.717) is 24.6 Å². The molecule has 0 spiro atoms. The number of ether oxygens (including phenoxy) is 1. The Balaban J connectivity index is 0.00000300. The summed E-state index contributed by atoms with van der Waals surface area (Å²) in [5.74, 6) is 0.601. The van der Waals surface area contributed by atoms with Crippen molar-refractivity contribution in [2.45, 2.75) is 26.2 Å². The van der Waals surface area contributed by atoms with Crippen molar-refractivity contribution < 1.29 is 18.6 Å². The molecule has 0 saturated heterocycles. The van der Waals surface area contributed by atoms with Gasteiger partial charge in [0.25, 0.3) is 0 Å². The first-order chi connectivity index (χ1) is 13.5. The van der Waals surface area contributed by atoms with E-state index in [4.69, 9.17) is 0 Å². The van der Waals surface area contributed by atoms with Gasteiger partial charge in [-0.1, -0.05) is 12.1 Å². The largest absolute Gasteiger partial charge is 0.435 e. The van der Waals surface area contributed by atoms with Crippen molar-refractivity contribution in [2.75, 3.05) is 13.1 Å². The Hall–Kier alpha value is -1.99. The molecule has 0 aliphatic rings. The highest BCUT2D eigenvalue weighted by atomic mass is 127. The zero-order chi connectivity index (χ0) is 19.9. The Bertz CT molecular complexity index is 888. The highest BCUT2D eigenvalue weighted by Gasteiger charge is 2.10. The lowest BCUT2D eigenvalue weighted by Crippen LogP contribution is -2.39. The van der Waals surface area contributed by atoms with E-state index in [9.17, 15) is 13.9 Å². The molecule has 2 heterocycles. The fourth-order valence-corrected chi connectivity index (χ4v) is 3.26. The highest BCUT2D eigenvalue weighted by molar-refractivity contribution is 14.0. The number of aliphatic imine (C=N–C) groups is 1. The van der Waals surface area contributed by atoms with Crippen LogP contribution >= 0.6 is 35.3 Å². The number of fused-ring (bicyclic) bond motifs is 1. The van der Waals surface area contributed by atoms with E-state index in [1.165, 1.54) is 12.1 Å². The van der Waals surface area contributed by atoms with Crippen LogP contribution in [-0.4, -0.2) is 40.2 Å². The monoisotopic (exact) mass is 537 g/mol. The lowest BCUT2D eigenvalue weighted by molar-refractivity contribution is -0.0498. The van der Waals surface area contributed by atoms with Crippen molar-refractivity contribution in [1.29, 1.82) is 0 Å². The number of alkyl halides is 2. The third-order valence-corrected chi connectivity index (χ3v) is 4.61. The van der Waals surface area contributed by atoms with Crippen molar-refractivity contribution in [1.82, 2.24) is 20.0 Å². The second-order valence-corrected chi connectivity index (χ2v) is 6.74. The maximum atomic E-state index is 12.2. The van der Waals surface area contributed by atoms with E-state index < -0.39 is 12.7 Å². The summed E-state index contributed by atoms with van der Waals surface area (Å²) in [6.45, 7) is 0.350. The first-order valence-electron chi connectivity index (χ1n) is 8.71. The van der Waals surface area contributed by atoms with Crippen molar-refractivity contribution >= 4 is 46.2 Å². The number of aliphatic hydroxyl groups excluding tert-OH is 1. The molecule has 0 aliphatic carbocycles. The van der Waals surface area contributed by atoms with Gasteiger partial charge in [-0.2, -0.15) is 8.78 Å². The predicted octanol–water partition coefficient (Wildman–Crippen LogP) is 3.40. The molecule has 0 fully saturated rings. The van der Waals surface area contributed by atoms with E-state index in [0.717, 1.165) is 10.7 Å². The van der Waals surface area contributed by atoms with Gasteiger partial charge in [-0.3, -0.25) is 4.40 Å². The van der Waals surface area contributed by atoms with Gasteiger partial charge in [0.2, 0.25) is 0 Å². The molecule has 1 unspecified atom stereocenters. The molecule has 3 rings (SSSR count). The molecule has 3 N–H and O–H groups in total. The first-order valence-corrected chi connectivity index (χ1v) is 9.59. The quantitative estimate of drug-likeness (QED) is 0.233. The number of thiazole rings is 1. The van der Waals surface area contributed by atoms with Crippen molar-refractivity contribution in [3.05, 3.63) is 53.3 Å². The fourth-order valence-electron chi connectivity index (χ4n) is 2.54. The molecule has 7 nitrogen and oxygen atoms in total. The van der Waals surface area contributed by atoms with Crippen molar-refractivity contribution in [2.24, 2.45) is 4.99 Å². The summed E-state index contributed by atoms with van der Waals surface area (Å²) in [6, 6.07) is 5.89. The first kappa shape index (κ1) is 23.3. The Kier molecular flexibility index (Phi) is 9.04. The molecular weight excluding hydrogens is 515 g/mol. The normalized spacial score (nSPS) is 12.7. The zero-order valence-electron chi connectivity index (χ0n) is 15.6. The van der Waals surface area contributed by atoms with E-state index >= 15 is 0 Å². The van der Waals surface area contributed by atoms with Crippen molar-refractivity contribution in [3.8, 4) is 5.75 Å². The van der Waals surface area contributed by atoms with Crippen LogP contribution in [0.2, 0.25) is 0 Å². The van der Waals surface area contributed by atoms with Gasteiger partial charge in [-0.05, 0) is 24.6 Å². The number of nitrogens with zero attached hydrogens (tertiary/aromatic N) is 3. The SMILES string of the molecule is CCNC(=NCc1cn2ccsc2n1)NCC(O)c1ccc(OC(F)F)cc1.I. The van der Waals surface area contributed by atoms with Crippen LogP contribution in [0, 0.1) is 0 Å². The number of aliphatic hydroxyl groups is 1. The minimum absolute atomic E-state index is 0. The molecule has 2 aromatic heterocycles. The smallest absolute Gasteiger partial charge is 0.387 e. The van der Waals surface area contributed by atoms with Crippen LogP contribution in [0.3, 0.4) is 0 Å². The van der Waals surface area contributed by atoms with E-state index in [2.05, 4.69) is 25.3 Å². The lowest BCUT2D eigenvalue weighted by atomic mass is 10.1. The molecule has 0 saturated carbocycles. The van der Waals surface area contributed by atoms with Gasteiger partial charge in [-0.25, -0.2) is 9.98 Å². The molecule has 0 radical (unpaired) electrons. The second kappa shape index (κ2) is 11.3. The van der Waals surface area contributed by atoms with E-state index in [1.54, 1.807) is 23.5 Å². The number of imidazole rings is 1. The van der Waals surface area contributed by atoms with Gasteiger partial charge < -0.3 is 20.5 Å². The lowest BCUT2D eigenvalue weighted by Gasteiger charge is -2.16. The fraction of sp³-hybridized carbons (Fsp3) is 0.333. The molecule has 158 valence electrons. The molecule has 1 atom stereocenters. The summed E-state index contributed by atoms with van der Waals surface area (Å²) in [5.41, 5.74) is 1.43. The number of nitrogens with one attached hydrogen (secondary N) is 2. The molecule has 0 bridgehead atoms. The minimum atomic E-state index is -2.87. The molecule has 1 aromatic carbocycles. The van der Waals surface area contributed by atoms with Crippen LogP contribution in [0.4, 0.5) is 8.78 Å². The van der Waals surface area contributed by atoms with E-state index in [-0.39, 0.29) is 36.3 Å². The maximum Gasteiger partial charge on any atom is 0.387 e. The average molecular weight is 537 g/mol. The summed E-state index contributed by atoms with van der Waals surface area (Å²) in [6.07, 6.45) is 3.04. The van der Waals surface area contributed by atoms with Crippen LogP contribution in [-0.2, 0) is 6.54 Å². The molecule has 3 aromatic rings. The van der Waals surface area contributed by atoms with Gasteiger partial charge in [0.15, 0.2) is 10.9 Å². The maximum absolute atomic E-state index is 12.2. The molecular formula is C18H22F2IN5O2S. The molecule has 0 aliphatic heterocycles. The van der Waals surface area contributed by atoms with E-state index in [1.807, 2.05) is 29.1 Å². The highest BCUT2D eigenvalue weighted by Crippen LogP contribution is 2.19. The van der Waals surface area contributed by atoms with Crippen LogP contribution in [0.5, 0.6) is 5.75 Å². The molecule has 29 heavy (non-hydrogen) atoms. The zero-order valence-corrected chi connectivity index (χ0v) is 18.7. The number of guanidine groups is 1. The second-order valence-electron chi connectivity index (χ2n) is 5.86. The third-order valence-electron chi connectivity index (χ3n) is 3.84. The number of rotatable bonds is 8. The Morgan fingerprint density at radius 1 is 1.31 bits per heavy atom. The Morgan fingerprint density at radius 3 is 2.72 bits per heavy atom. The third kappa shape index (κ3) is 6.78. The minimum Gasteiger partial charge on any atom is -0.435 e. The average Bonchev–Trinajstić information content (AvgIpc) is 3.25. The van der Waals surface area contributed by atoms with Crippen LogP contribution in [0.15, 0.2) is 47.0 Å². The van der Waals surface area contributed by atoms with Gasteiger partial charge in [-0.15, -0.1) is 35.3 Å². The van der Waals surface area contributed by atoms with Gasteiger partial charge in [0, 0.05) is 30.9 Å². The Labute approximate surface area is 187 Å². The van der Waals surface area contributed by atoms with Gasteiger partial charge in [0.05, 0.1) is 18.3 Å². The predicted molar refractivity (Wildman–Crippen MR) is 119 cm³/mol. The number of hydrogen-bond donors (Lipinski definition) is 3. The van der Waals surface area contributed by atoms with Crippen molar-refractivity contribution in [3.63, 3.8) is 0 Å². The standard InChI is InChI=1S/C18H21F2N5O2S.HI/c1-2-21-17(22-9-13-11-25-7-8-28-18(25)24-13)23-10-15(26)12-3-5-14(6-4-12)27-16(19)20;/h3-8,11,15-16,26H,2,9-10H2,1H3,(H2,21,22,23);1H. The summed E-state index contributed by atoms with van der Waals surface area (Å²) in [5, 5.41) is 18.5. The van der Waals surface area contributed by atoms with Gasteiger partial charge >= 0.3 is 6.61 Å². The summed E-state index contributed by atoms with van der Waals surface area (Å²) in [4.78, 5) is 9.87. The van der Waals surface area contributed by atoms with Crippen LogP contribution < -0.4 is 15.4 Å². The topological polar surface area (TPSA) is 83.2 Å². The summed E-state index contributed by atoms with van der Waals surface area (Å²) >= 11 is 1.56. The number of hydrogen-bond acceptors (Lipinski definition) is 5. The Morgan fingerprint density at radius 2 is 2.07 bits per heavy atom.